The molecule has 1 saturated heterocycles. The highest BCUT2D eigenvalue weighted by Gasteiger charge is 2.26. The Balaban J connectivity index is 1.78. The van der Waals surface area contributed by atoms with Crippen molar-refractivity contribution in [2.24, 2.45) is 0 Å². The van der Waals surface area contributed by atoms with Gasteiger partial charge in [0.05, 0.1) is 34.4 Å². The molecule has 0 saturated carbocycles. The first-order chi connectivity index (χ1) is 16.2. The molecule has 0 unspecified atom stereocenters. The number of anilines is 1. The number of halogens is 1. The largest absolute Gasteiger partial charge is 0.380 e. The maximum Gasteiger partial charge on any atom is 0.251 e. The van der Waals surface area contributed by atoms with Gasteiger partial charge in [-0.2, -0.15) is 0 Å². The van der Waals surface area contributed by atoms with Crippen LogP contribution in [0.1, 0.15) is 17.2 Å². The Bertz CT molecular complexity index is 989. The summed E-state index contributed by atoms with van der Waals surface area (Å²) in [5, 5.41) is 6.33. The monoisotopic (exact) mass is 487 g/mol. The molecule has 1 aliphatic heterocycles. The van der Waals surface area contributed by atoms with Crippen LogP contribution in [0.3, 0.4) is 0 Å². The van der Waals surface area contributed by atoms with E-state index in [-0.39, 0.29) is 18.3 Å². The average molecular weight is 488 g/mol. The molecule has 7 nitrogen and oxygen atoms in total. The molecule has 2 N–H and O–H groups in total. The number of carbonyl (C=O) groups is 2. The summed E-state index contributed by atoms with van der Waals surface area (Å²) in [5.74, 6) is -1.02. The van der Waals surface area contributed by atoms with Gasteiger partial charge >= 0.3 is 0 Å². The molecule has 1 fully saturated rings. The molecule has 2 aromatic rings. The number of rotatable bonds is 9. The van der Waals surface area contributed by atoms with Gasteiger partial charge in [-0.25, -0.2) is 4.39 Å². The minimum absolute atomic E-state index is 0.175. The van der Waals surface area contributed by atoms with Crippen LogP contribution in [-0.4, -0.2) is 64.7 Å². The highest BCUT2D eigenvalue weighted by molar-refractivity contribution is 6.88. The quantitative estimate of drug-likeness (QED) is 0.532. The van der Waals surface area contributed by atoms with Crippen molar-refractivity contribution in [3.8, 4) is 0 Å². The minimum Gasteiger partial charge on any atom is -0.380 e. The maximum absolute atomic E-state index is 14.7. The first-order valence-corrected chi connectivity index (χ1v) is 15.0. The molecule has 184 valence electrons. The van der Waals surface area contributed by atoms with E-state index in [9.17, 15) is 14.0 Å². The zero-order valence-electron chi connectivity index (χ0n) is 20.3. The van der Waals surface area contributed by atoms with Crippen molar-refractivity contribution in [2.45, 2.75) is 32.3 Å². The van der Waals surface area contributed by atoms with E-state index >= 15 is 0 Å². The molecule has 1 atom stereocenters. The van der Waals surface area contributed by atoms with E-state index in [4.69, 9.17) is 9.47 Å². The van der Waals surface area contributed by atoms with Gasteiger partial charge in [0.25, 0.3) is 5.91 Å². The number of carbonyl (C=O) groups excluding carboxylic acids is 2. The second kappa shape index (κ2) is 11.7. The predicted octanol–water partition coefficient (Wildman–Crippen LogP) is 2.65. The highest BCUT2D eigenvalue weighted by atomic mass is 28.3. The van der Waals surface area contributed by atoms with Crippen molar-refractivity contribution in [3.05, 3.63) is 59.4 Å². The first-order valence-electron chi connectivity index (χ1n) is 11.5. The number of hydrogen-bond donors (Lipinski definition) is 2. The third-order valence-electron chi connectivity index (χ3n) is 5.71. The van der Waals surface area contributed by atoms with Crippen LogP contribution in [0.5, 0.6) is 0 Å². The van der Waals surface area contributed by atoms with Gasteiger partial charge in [-0.15, -0.1) is 0 Å². The van der Waals surface area contributed by atoms with Crippen LogP contribution in [0.2, 0.25) is 19.6 Å². The molecular weight excluding hydrogens is 453 g/mol. The molecule has 0 aromatic heterocycles. The van der Waals surface area contributed by atoms with E-state index in [1.54, 1.807) is 31.4 Å². The standard InChI is InChI=1S/C25H34FN3O4Si/c1-32-17-18-5-7-19(8-6-18)24(28-23(30)16-29-11-13-33-14-12-29)25(31)27-20-9-10-22(21(26)15-20)34(2,3)4/h5-10,15,24H,11-14,16-17H2,1-4H3,(H,27,31)(H,28,30)/t24-/m1/s1. The van der Waals surface area contributed by atoms with Crippen LogP contribution in [0.4, 0.5) is 10.1 Å². The summed E-state index contributed by atoms with van der Waals surface area (Å²) in [4.78, 5) is 28.0. The lowest BCUT2D eigenvalue weighted by Gasteiger charge is -2.27. The van der Waals surface area contributed by atoms with E-state index in [0.717, 1.165) is 5.56 Å². The molecule has 0 aliphatic carbocycles. The maximum atomic E-state index is 14.7. The summed E-state index contributed by atoms with van der Waals surface area (Å²) in [6, 6.07) is 11.2. The lowest BCUT2D eigenvalue weighted by Crippen LogP contribution is -2.46. The third-order valence-corrected chi connectivity index (χ3v) is 7.73. The topological polar surface area (TPSA) is 79.9 Å². The number of benzene rings is 2. The molecule has 2 aromatic carbocycles. The van der Waals surface area contributed by atoms with Gasteiger partial charge in [-0.05, 0) is 28.4 Å². The highest BCUT2D eigenvalue weighted by Crippen LogP contribution is 2.19. The van der Waals surface area contributed by atoms with Crippen LogP contribution in [0.25, 0.3) is 0 Å². The Kier molecular flexibility index (Phi) is 8.95. The fraction of sp³-hybridized carbons (Fsp3) is 0.440. The van der Waals surface area contributed by atoms with Gasteiger partial charge in [0.2, 0.25) is 5.91 Å². The Morgan fingerprint density at radius 1 is 1.12 bits per heavy atom. The summed E-state index contributed by atoms with van der Waals surface area (Å²) in [7, 11) is -0.226. The minimum atomic E-state index is -1.84. The zero-order valence-corrected chi connectivity index (χ0v) is 21.3. The molecule has 0 radical (unpaired) electrons. The normalized spacial score (nSPS) is 15.6. The number of methoxy groups -OCH3 is 1. The van der Waals surface area contributed by atoms with Gasteiger partial charge in [-0.1, -0.05) is 50.0 Å². The molecular formula is C25H34FN3O4Si. The molecule has 1 heterocycles. The van der Waals surface area contributed by atoms with E-state index < -0.39 is 20.0 Å². The van der Waals surface area contributed by atoms with Crippen molar-refractivity contribution < 1.29 is 23.5 Å². The van der Waals surface area contributed by atoms with Crippen LogP contribution in [0.15, 0.2) is 42.5 Å². The number of ether oxygens (including phenoxy) is 2. The summed E-state index contributed by atoms with van der Waals surface area (Å²) in [5.41, 5.74) is 1.94. The molecule has 9 heteroatoms. The fourth-order valence-corrected chi connectivity index (χ4v) is 5.23. The molecule has 34 heavy (non-hydrogen) atoms. The Morgan fingerprint density at radius 2 is 1.79 bits per heavy atom. The number of nitrogens with zero attached hydrogens (tertiary/aromatic N) is 1. The predicted molar refractivity (Wildman–Crippen MR) is 133 cm³/mol. The van der Waals surface area contributed by atoms with Gasteiger partial charge in [0, 0.05) is 25.9 Å². The van der Waals surface area contributed by atoms with Crippen molar-refractivity contribution >= 4 is 30.8 Å². The smallest absolute Gasteiger partial charge is 0.251 e. The van der Waals surface area contributed by atoms with Crippen molar-refractivity contribution in [2.75, 3.05) is 45.3 Å². The SMILES string of the molecule is COCc1ccc([C@@H](NC(=O)CN2CCOCC2)C(=O)Nc2ccc([Si](C)(C)C)c(F)c2)cc1. The van der Waals surface area contributed by atoms with Gasteiger partial charge in [0.15, 0.2) is 0 Å². The number of morpholine rings is 1. The van der Waals surface area contributed by atoms with Crippen molar-refractivity contribution in [3.63, 3.8) is 0 Å². The fourth-order valence-electron chi connectivity index (χ4n) is 3.86. The molecule has 1 aliphatic rings. The van der Waals surface area contributed by atoms with Crippen LogP contribution in [-0.2, 0) is 25.7 Å². The summed E-state index contributed by atoms with van der Waals surface area (Å²) in [6.07, 6.45) is 0. The molecule has 2 amide bonds. The third kappa shape index (κ3) is 7.20. The Morgan fingerprint density at radius 3 is 2.38 bits per heavy atom. The number of nitrogens with one attached hydrogen (secondary N) is 2. The molecule has 3 rings (SSSR count). The van der Waals surface area contributed by atoms with Gasteiger partial charge in [0.1, 0.15) is 11.9 Å². The molecule has 0 spiro atoms. The van der Waals surface area contributed by atoms with Crippen LogP contribution < -0.4 is 15.8 Å². The van der Waals surface area contributed by atoms with Crippen LogP contribution in [0, 0.1) is 5.82 Å². The summed E-state index contributed by atoms with van der Waals surface area (Å²) < 4.78 is 25.2. The lowest BCUT2D eigenvalue weighted by molar-refractivity contribution is -0.128. The van der Waals surface area contributed by atoms with Gasteiger partial charge < -0.3 is 20.1 Å². The second-order valence-corrected chi connectivity index (χ2v) is 14.5. The van der Waals surface area contributed by atoms with E-state index in [1.807, 2.05) is 17.0 Å². The van der Waals surface area contributed by atoms with Crippen LogP contribution >= 0.6 is 0 Å². The van der Waals surface area contributed by atoms with Gasteiger partial charge in [-0.3, -0.25) is 14.5 Å². The number of amides is 2. The zero-order chi connectivity index (χ0) is 24.7. The van der Waals surface area contributed by atoms with Crippen molar-refractivity contribution in [1.82, 2.24) is 10.2 Å². The Labute approximate surface area is 201 Å². The summed E-state index contributed by atoms with van der Waals surface area (Å²) >= 11 is 0. The second-order valence-electron chi connectivity index (χ2n) is 9.50. The number of hydrogen-bond acceptors (Lipinski definition) is 5. The van der Waals surface area contributed by atoms with E-state index in [2.05, 4.69) is 30.3 Å². The summed E-state index contributed by atoms with van der Waals surface area (Å²) in [6.45, 7) is 9.31. The lowest BCUT2D eigenvalue weighted by atomic mass is 10.0. The van der Waals surface area contributed by atoms with Crippen molar-refractivity contribution in [1.29, 1.82) is 0 Å². The average Bonchev–Trinajstić information content (AvgIpc) is 2.78. The molecule has 0 bridgehead atoms. The van der Waals surface area contributed by atoms with E-state index in [0.29, 0.717) is 49.3 Å². The van der Waals surface area contributed by atoms with E-state index in [1.165, 1.54) is 6.07 Å². The first kappa shape index (κ1) is 26.0. The Hall–Kier alpha value is -2.59.